The predicted octanol–water partition coefficient (Wildman–Crippen LogP) is 7.09. The topological polar surface area (TPSA) is 138 Å². The highest BCUT2D eigenvalue weighted by Gasteiger charge is 2.35. The molecule has 2 atom stereocenters. The Morgan fingerprint density at radius 1 is 0.630 bits per heavy atom. The highest BCUT2D eigenvalue weighted by Crippen LogP contribution is 2.42. The molecule has 2 amide bonds. The number of carbonyl (C=O) groups is 2. The molecule has 8 rings (SSSR count). The van der Waals surface area contributed by atoms with Crippen molar-refractivity contribution in [3.8, 4) is 28.7 Å². The zero-order valence-corrected chi connectivity index (χ0v) is 30.2. The van der Waals surface area contributed by atoms with Gasteiger partial charge in [0, 0.05) is 61.9 Å². The maximum absolute atomic E-state index is 13.7. The van der Waals surface area contributed by atoms with Gasteiger partial charge >= 0.3 is 0 Å². The van der Waals surface area contributed by atoms with Gasteiger partial charge in [0.25, 0.3) is 11.8 Å². The van der Waals surface area contributed by atoms with Gasteiger partial charge in [-0.2, -0.15) is 0 Å². The van der Waals surface area contributed by atoms with Gasteiger partial charge in [0.1, 0.15) is 5.75 Å². The Morgan fingerprint density at radius 2 is 1.09 bits per heavy atom. The molecule has 4 aromatic carbocycles. The number of fused-ring (bicyclic) bond motifs is 4. The Balaban J connectivity index is 0.909. The third kappa shape index (κ3) is 6.51. The first kappa shape index (κ1) is 34.5. The van der Waals surface area contributed by atoms with Crippen LogP contribution in [0.15, 0.2) is 95.2 Å². The maximum Gasteiger partial charge on any atom is 0.260 e. The van der Waals surface area contributed by atoms with Gasteiger partial charge < -0.3 is 39.2 Å². The zero-order valence-electron chi connectivity index (χ0n) is 30.2. The molecule has 0 saturated heterocycles. The van der Waals surface area contributed by atoms with Gasteiger partial charge in [0.15, 0.2) is 23.0 Å². The normalized spacial score (nSPS) is 18.1. The molecule has 274 valence electrons. The largest absolute Gasteiger partial charge is 0.497 e. The summed E-state index contributed by atoms with van der Waals surface area (Å²) in [5.41, 5.74) is 12.6. The Bertz CT molecular complexity index is 2240. The lowest BCUT2D eigenvalue weighted by atomic mass is 10.0. The zero-order chi connectivity index (χ0) is 37.3. The van der Waals surface area contributed by atoms with E-state index in [0.29, 0.717) is 83.7 Å². The number of aliphatic imine (C=N–C) groups is 2. The van der Waals surface area contributed by atoms with E-state index in [1.165, 1.54) is 7.11 Å². The lowest BCUT2D eigenvalue weighted by Gasteiger charge is -2.19. The summed E-state index contributed by atoms with van der Waals surface area (Å²) in [5, 5.41) is 0. The monoisotopic (exact) mass is 725 g/mol. The molecule has 4 heterocycles. The highest BCUT2D eigenvalue weighted by atomic mass is 16.5. The van der Waals surface area contributed by atoms with Crippen LogP contribution < -0.4 is 29.4 Å². The van der Waals surface area contributed by atoms with Crippen LogP contribution >= 0.6 is 0 Å². The average molecular weight is 726 g/mol. The van der Waals surface area contributed by atoms with Crippen LogP contribution in [0.5, 0.6) is 28.7 Å². The summed E-state index contributed by atoms with van der Waals surface area (Å²) in [6.07, 6.45) is 9.22. The number of methoxy groups -OCH3 is 3. The van der Waals surface area contributed by atoms with E-state index in [-0.39, 0.29) is 23.9 Å². The van der Waals surface area contributed by atoms with Gasteiger partial charge in [-0.1, -0.05) is 24.3 Å². The number of nitrogens with two attached hydrogens (primary N) is 1. The third-order valence-electron chi connectivity index (χ3n) is 9.97. The Hall–Kier alpha value is -6.56. The second-order valence-electron chi connectivity index (χ2n) is 13.3. The number of nitrogens with zero attached hydrogens (tertiary/aromatic N) is 4. The molecule has 0 fully saturated rings. The van der Waals surface area contributed by atoms with Gasteiger partial charge in [-0.3, -0.25) is 19.6 Å². The van der Waals surface area contributed by atoms with Crippen molar-refractivity contribution in [3.05, 3.63) is 107 Å². The van der Waals surface area contributed by atoms with Crippen molar-refractivity contribution < 1.29 is 33.3 Å². The lowest BCUT2D eigenvalue weighted by Crippen LogP contribution is -2.32. The van der Waals surface area contributed by atoms with E-state index in [1.807, 2.05) is 67.1 Å². The molecule has 0 unspecified atom stereocenters. The fourth-order valence-electron chi connectivity index (χ4n) is 7.07. The first-order valence-corrected chi connectivity index (χ1v) is 17.7. The van der Waals surface area contributed by atoms with Crippen molar-refractivity contribution in [2.75, 3.05) is 40.3 Å². The summed E-state index contributed by atoms with van der Waals surface area (Å²) >= 11 is 0. The number of ether oxygens (including phenoxy) is 5. The minimum Gasteiger partial charge on any atom is -0.497 e. The summed E-state index contributed by atoms with van der Waals surface area (Å²) in [4.78, 5) is 40.3. The van der Waals surface area contributed by atoms with Crippen LogP contribution in [-0.2, 0) is 0 Å². The smallest absolute Gasteiger partial charge is 0.260 e. The van der Waals surface area contributed by atoms with Crippen LogP contribution in [0.3, 0.4) is 0 Å². The molecule has 4 aromatic rings. The summed E-state index contributed by atoms with van der Waals surface area (Å²) in [6.45, 7) is 0.609. The fraction of sp³-hybridized carbons (Fsp3) is 0.238. The molecule has 0 aromatic heterocycles. The molecule has 2 N–H and O–H groups in total. The molecule has 4 aliphatic heterocycles. The standard InChI is InChI=1S/C42H39N5O7/c1-50-32-11-7-26(8-12-32)28-16-31-22-45-36-20-40(38(52-3)18-34(36)42(49)47(31)24-28)54-14-4-13-53-39-19-35-33(17-37(39)51-2)41(48)46-23-27(15-30(46)21-44-35)25-5-9-29(43)10-6-25/h5-12,17-24,30-31H,4,13-16,43H2,1-3H3/t30-,31-/m1/s1. The summed E-state index contributed by atoms with van der Waals surface area (Å²) < 4.78 is 28.8. The van der Waals surface area contributed by atoms with Crippen molar-refractivity contribution in [2.45, 2.75) is 31.3 Å². The van der Waals surface area contributed by atoms with Crippen LogP contribution in [0.25, 0.3) is 11.1 Å². The van der Waals surface area contributed by atoms with Crippen molar-refractivity contribution in [3.63, 3.8) is 0 Å². The number of anilines is 1. The van der Waals surface area contributed by atoms with E-state index in [1.54, 1.807) is 54.5 Å². The van der Waals surface area contributed by atoms with Gasteiger partial charge in [-0.15, -0.1) is 0 Å². The van der Waals surface area contributed by atoms with Crippen LogP contribution in [-0.4, -0.2) is 80.7 Å². The SMILES string of the molecule is COc1ccc(C2=CN3C(=O)c4cc(OC)c(OCCCOc5cc6c(cc5OC)C(=O)N5C=C(c7ccc(N)cc7)C[C@@H]5C=N6)cc4N=C[C@H]3C2)cc1. The van der Waals surface area contributed by atoms with Crippen LogP contribution in [0, 0.1) is 0 Å². The summed E-state index contributed by atoms with van der Waals surface area (Å²) in [7, 11) is 4.72. The Kier molecular flexibility index (Phi) is 9.24. The fourth-order valence-corrected chi connectivity index (χ4v) is 7.07. The lowest BCUT2D eigenvalue weighted by molar-refractivity contribution is 0.0809. The molecule has 4 aliphatic rings. The molecular weight excluding hydrogens is 686 g/mol. The van der Waals surface area contributed by atoms with Gasteiger partial charge in [0.05, 0.1) is 69.1 Å². The van der Waals surface area contributed by atoms with E-state index in [9.17, 15) is 9.59 Å². The van der Waals surface area contributed by atoms with E-state index < -0.39 is 0 Å². The summed E-state index contributed by atoms with van der Waals surface area (Å²) in [6, 6.07) is 21.9. The molecule has 0 aliphatic carbocycles. The predicted molar refractivity (Wildman–Crippen MR) is 207 cm³/mol. The van der Waals surface area contributed by atoms with Crippen molar-refractivity contribution in [1.82, 2.24) is 9.80 Å². The minimum absolute atomic E-state index is 0.158. The number of rotatable bonds is 11. The number of nitrogen functional groups attached to an aromatic ring is 1. The number of carbonyl (C=O) groups excluding carboxylic acids is 2. The van der Waals surface area contributed by atoms with E-state index >= 15 is 0 Å². The van der Waals surface area contributed by atoms with Crippen molar-refractivity contribution in [2.24, 2.45) is 9.98 Å². The van der Waals surface area contributed by atoms with Gasteiger partial charge in [0.2, 0.25) is 0 Å². The Labute approximate surface area is 312 Å². The number of benzene rings is 4. The molecule has 0 saturated carbocycles. The minimum atomic E-state index is -0.203. The number of hydrogen-bond donors (Lipinski definition) is 1. The van der Waals surface area contributed by atoms with Crippen molar-refractivity contribution >= 4 is 52.5 Å². The maximum atomic E-state index is 13.7. The highest BCUT2D eigenvalue weighted by molar-refractivity contribution is 6.06. The second kappa shape index (κ2) is 14.5. The summed E-state index contributed by atoms with van der Waals surface area (Å²) in [5.74, 6) is 2.27. The Morgan fingerprint density at radius 3 is 1.54 bits per heavy atom. The second-order valence-corrected chi connectivity index (χ2v) is 13.3. The van der Waals surface area contributed by atoms with Gasteiger partial charge in [-0.25, -0.2) is 0 Å². The van der Waals surface area contributed by atoms with Crippen LogP contribution in [0.4, 0.5) is 17.1 Å². The van der Waals surface area contributed by atoms with Crippen molar-refractivity contribution in [1.29, 1.82) is 0 Å². The van der Waals surface area contributed by atoms with Gasteiger partial charge in [-0.05, 0) is 58.7 Å². The average Bonchev–Trinajstić information content (AvgIpc) is 3.78. The van der Waals surface area contributed by atoms with Crippen LogP contribution in [0.1, 0.15) is 51.1 Å². The quantitative estimate of drug-likeness (QED) is 0.128. The first-order valence-electron chi connectivity index (χ1n) is 17.7. The van der Waals surface area contributed by atoms with E-state index in [4.69, 9.17) is 34.4 Å². The van der Waals surface area contributed by atoms with Crippen LogP contribution in [0.2, 0.25) is 0 Å². The molecule has 0 bridgehead atoms. The molecule has 12 heteroatoms. The first-order chi connectivity index (χ1) is 26.3. The molecular formula is C42H39N5O7. The third-order valence-corrected chi connectivity index (χ3v) is 9.97. The van der Waals surface area contributed by atoms with E-state index in [2.05, 4.69) is 4.99 Å². The number of amides is 2. The molecule has 54 heavy (non-hydrogen) atoms. The molecule has 0 spiro atoms. The molecule has 0 radical (unpaired) electrons. The van der Waals surface area contributed by atoms with E-state index in [0.717, 1.165) is 28.0 Å². The molecule has 12 nitrogen and oxygen atoms in total. The number of hydrogen-bond acceptors (Lipinski definition) is 10.